The summed E-state index contributed by atoms with van der Waals surface area (Å²) in [4.78, 5) is 24.2. The Labute approximate surface area is 87.8 Å². The number of carbonyl (C=O) groups excluding carboxylic acids is 2. The van der Waals surface area contributed by atoms with Gasteiger partial charge in [0.05, 0.1) is 23.8 Å². The summed E-state index contributed by atoms with van der Waals surface area (Å²) in [6.07, 6.45) is 2.76. The molecule has 0 unspecified atom stereocenters. The van der Waals surface area contributed by atoms with Gasteiger partial charge >= 0.3 is 0 Å². The predicted molar refractivity (Wildman–Crippen MR) is 50.8 cm³/mol. The Hall–Kier alpha value is -1.57. The van der Waals surface area contributed by atoms with Gasteiger partial charge in [-0.05, 0) is 12.8 Å². The van der Waals surface area contributed by atoms with Crippen LogP contribution in [0.2, 0.25) is 0 Å². The largest absolute Gasteiger partial charge is 0.369 e. The van der Waals surface area contributed by atoms with Crippen LogP contribution in [0.15, 0.2) is 0 Å². The van der Waals surface area contributed by atoms with E-state index in [0.29, 0.717) is 25.9 Å². The lowest BCUT2D eigenvalue weighted by molar-refractivity contribution is -0.135. The van der Waals surface area contributed by atoms with E-state index in [0.717, 1.165) is 0 Å². The third kappa shape index (κ3) is 1.67. The van der Waals surface area contributed by atoms with E-state index in [9.17, 15) is 9.59 Å². The van der Waals surface area contributed by atoms with Crippen LogP contribution in [-0.2, 0) is 9.59 Å². The predicted octanol–water partition coefficient (Wildman–Crippen LogP) is -0.562. The van der Waals surface area contributed by atoms with E-state index in [1.165, 1.54) is 6.42 Å². The van der Waals surface area contributed by atoms with Gasteiger partial charge in [-0.3, -0.25) is 9.59 Å². The van der Waals surface area contributed by atoms with Crippen molar-refractivity contribution < 1.29 is 9.59 Å². The van der Waals surface area contributed by atoms with E-state index in [1.54, 1.807) is 4.90 Å². The van der Waals surface area contributed by atoms with Crippen molar-refractivity contribution in [2.24, 2.45) is 17.1 Å². The molecule has 15 heavy (non-hydrogen) atoms. The minimum Gasteiger partial charge on any atom is -0.369 e. The Morgan fingerprint density at radius 2 is 2.07 bits per heavy atom. The highest BCUT2D eigenvalue weighted by Crippen LogP contribution is 2.48. The van der Waals surface area contributed by atoms with Gasteiger partial charge in [0.2, 0.25) is 11.8 Å². The number of likely N-dealkylation sites (tertiary alicyclic amines) is 1. The normalized spacial score (nSPS) is 22.7. The summed E-state index contributed by atoms with van der Waals surface area (Å²) in [5.41, 5.74) is 4.52. The molecule has 2 rings (SSSR count). The van der Waals surface area contributed by atoms with Crippen molar-refractivity contribution in [1.29, 1.82) is 5.26 Å². The lowest BCUT2D eigenvalue weighted by Crippen LogP contribution is -2.50. The van der Waals surface area contributed by atoms with E-state index < -0.39 is 11.3 Å². The zero-order chi connectivity index (χ0) is 11.1. The van der Waals surface area contributed by atoms with Crippen LogP contribution in [0.25, 0.3) is 0 Å². The van der Waals surface area contributed by atoms with Crippen LogP contribution in [0.1, 0.15) is 12.8 Å². The fraction of sp³-hybridized carbons (Fsp3) is 0.600. The molecule has 0 atom stereocenters. The molecular weight excluding hydrogens is 194 g/mol. The Bertz CT molecular complexity index is 348. The number of rotatable bonds is 3. The Morgan fingerprint density at radius 3 is 2.47 bits per heavy atom. The molecule has 5 nitrogen and oxygen atoms in total. The maximum Gasteiger partial charge on any atom is 0.227 e. The first-order valence-electron chi connectivity index (χ1n) is 4.92. The van der Waals surface area contributed by atoms with E-state index >= 15 is 0 Å². The lowest BCUT2D eigenvalue weighted by Gasteiger charge is -2.35. The average molecular weight is 206 g/mol. The summed E-state index contributed by atoms with van der Waals surface area (Å²) in [6.45, 7) is 0.946. The number of amides is 2. The minimum atomic E-state index is -0.686. The molecule has 0 aromatic rings. The zero-order valence-corrected chi connectivity index (χ0v) is 8.27. The summed E-state index contributed by atoms with van der Waals surface area (Å²) < 4.78 is 0. The molecule has 1 radical (unpaired) electrons. The molecule has 0 bridgehead atoms. The smallest absolute Gasteiger partial charge is 0.227 e. The van der Waals surface area contributed by atoms with Crippen molar-refractivity contribution in [3.63, 3.8) is 0 Å². The van der Waals surface area contributed by atoms with Crippen LogP contribution >= 0.6 is 0 Å². The van der Waals surface area contributed by atoms with Crippen molar-refractivity contribution in [2.75, 3.05) is 13.1 Å². The van der Waals surface area contributed by atoms with Crippen LogP contribution in [0.4, 0.5) is 0 Å². The van der Waals surface area contributed by atoms with Crippen LogP contribution in [-0.4, -0.2) is 29.8 Å². The van der Waals surface area contributed by atoms with Gasteiger partial charge in [0.15, 0.2) is 0 Å². The molecule has 1 saturated heterocycles. The lowest BCUT2D eigenvalue weighted by atomic mass is 9.96. The highest BCUT2D eigenvalue weighted by atomic mass is 16.2. The van der Waals surface area contributed by atoms with Crippen molar-refractivity contribution in [1.82, 2.24) is 4.90 Å². The van der Waals surface area contributed by atoms with Crippen molar-refractivity contribution in [3.8, 4) is 6.07 Å². The minimum absolute atomic E-state index is 0.0499. The number of primary amides is 1. The standard InChI is InChI=1S/C10H12N3O2/c11-4-7-5-13(6-7)8(14)3-10(1-2-10)9(12)15/h3,7H,1-2,5-6H2,(H2,12,15). The van der Waals surface area contributed by atoms with Crippen molar-refractivity contribution >= 4 is 11.8 Å². The third-order valence-corrected chi connectivity index (χ3v) is 3.05. The molecule has 1 aliphatic carbocycles. The van der Waals surface area contributed by atoms with E-state index in [1.807, 2.05) is 0 Å². The van der Waals surface area contributed by atoms with Gasteiger partial charge in [0.25, 0.3) is 0 Å². The highest BCUT2D eigenvalue weighted by Gasteiger charge is 2.51. The van der Waals surface area contributed by atoms with Crippen molar-refractivity contribution in [2.45, 2.75) is 12.8 Å². The number of nitrogens with two attached hydrogens (primary N) is 1. The maximum atomic E-state index is 11.6. The molecular formula is C10H12N3O2. The molecule has 0 spiro atoms. The van der Waals surface area contributed by atoms with Crippen LogP contribution < -0.4 is 5.73 Å². The zero-order valence-electron chi connectivity index (χ0n) is 8.27. The molecule has 2 fully saturated rings. The number of carbonyl (C=O) groups is 2. The number of hydrogen-bond acceptors (Lipinski definition) is 3. The third-order valence-electron chi connectivity index (χ3n) is 3.05. The van der Waals surface area contributed by atoms with Crippen LogP contribution in [0, 0.1) is 29.1 Å². The second-order valence-corrected chi connectivity index (χ2v) is 4.23. The van der Waals surface area contributed by atoms with Gasteiger partial charge < -0.3 is 10.6 Å². The molecule has 2 aliphatic rings. The molecule has 1 saturated carbocycles. The van der Waals surface area contributed by atoms with Gasteiger partial charge in [-0.25, -0.2) is 0 Å². The van der Waals surface area contributed by atoms with E-state index in [-0.39, 0.29) is 11.8 Å². The Balaban J connectivity index is 1.85. The monoisotopic (exact) mass is 206 g/mol. The molecule has 79 valence electrons. The van der Waals surface area contributed by atoms with Gasteiger partial charge in [-0.2, -0.15) is 5.26 Å². The first-order valence-corrected chi connectivity index (χ1v) is 4.92. The fourth-order valence-electron chi connectivity index (χ4n) is 1.66. The number of hydrogen-bond donors (Lipinski definition) is 1. The Kier molecular flexibility index (Phi) is 2.14. The average Bonchev–Trinajstić information content (AvgIpc) is 2.83. The van der Waals surface area contributed by atoms with Gasteiger partial charge in [0.1, 0.15) is 0 Å². The molecule has 2 N–H and O–H groups in total. The topological polar surface area (TPSA) is 87.2 Å². The maximum absolute atomic E-state index is 11.6. The summed E-state index contributed by atoms with van der Waals surface area (Å²) in [5, 5.41) is 8.55. The number of nitriles is 1. The highest BCUT2D eigenvalue weighted by molar-refractivity contribution is 5.96. The molecule has 0 aromatic carbocycles. The molecule has 1 heterocycles. The second-order valence-electron chi connectivity index (χ2n) is 4.23. The SMILES string of the molecule is N#CC1CN(C(=O)[CH]C2(C(N)=O)CC2)C1. The second kappa shape index (κ2) is 3.23. The van der Waals surface area contributed by atoms with E-state index in [4.69, 9.17) is 11.0 Å². The van der Waals surface area contributed by atoms with E-state index in [2.05, 4.69) is 6.07 Å². The molecule has 2 amide bonds. The van der Waals surface area contributed by atoms with Crippen LogP contribution in [0.5, 0.6) is 0 Å². The summed E-state index contributed by atoms with van der Waals surface area (Å²) in [6, 6.07) is 2.09. The quantitative estimate of drug-likeness (QED) is 0.671. The summed E-state index contributed by atoms with van der Waals surface area (Å²) in [7, 11) is 0. The Morgan fingerprint density at radius 1 is 1.47 bits per heavy atom. The molecule has 0 aromatic heterocycles. The van der Waals surface area contributed by atoms with Gasteiger partial charge in [0, 0.05) is 13.1 Å². The fourth-order valence-corrected chi connectivity index (χ4v) is 1.66. The molecule has 1 aliphatic heterocycles. The summed E-state index contributed by atoms with van der Waals surface area (Å²) >= 11 is 0. The van der Waals surface area contributed by atoms with Gasteiger partial charge in [-0.15, -0.1) is 0 Å². The molecule has 5 heteroatoms. The summed E-state index contributed by atoms with van der Waals surface area (Å²) in [5.74, 6) is -0.642. The first kappa shape index (κ1) is 9.97. The van der Waals surface area contributed by atoms with Gasteiger partial charge in [-0.1, -0.05) is 0 Å². The van der Waals surface area contributed by atoms with Crippen molar-refractivity contribution in [3.05, 3.63) is 6.42 Å². The van der Waals surface area contributed by atoms with Crippen LogP contribution in [0.3, 0.4) is 0 Å². The number of nitrogens with zero attached hydrogens (tertiary/aromatic N) is 2. The first-order chi connectivity index (χ1) is 7.07.